The van der Waals surface area contributed by atoms with E-state index in [1.165, 1.54) is 18.6 Å². The molecule has 2 atom stereocenters. The second-order valence-electron chi connectivity index (χ2n) is 4.91. The molecule has 0 radical (unpaired) electrons. The minimum Gasteiger partial charge on any atom is -0.385 e. The molecule has 1 fully saturated rings. The highest BCUT2D eigenvalue weighted by atomic mass is 19.1. The van der Waals surface area contributed by atoms with Crippen LogP contribution in [0.2, 0.25) is 0 Å². The van der Waals surface area contributed by atoms with Gasteiger partial charge in [0, 0.05) is 0 Å². The Hall–Kier alpha value is -0.890. The second kappa shape index (κ2) is 4.54. The van der Waals surface area contributed by atoms with Crippen molar-refractivity contribution >= 4 is 0 Å². The van der Waals surface area contributed by atoms with Gasteiger partial charge in [-0.25, -0.2) is 4.39 Å². The van der Waals surface area contributed by atoms with Gasteiger partial charge >= 0.3 is 0 Å². The van der Waals surface area contributed by atoms with E-state index in [1.807, 2.05) is 6.07 Å². The summed E-state index contributed by atoms with van der Waals surface area (Å²) < 4.78 is 13.2. The third-order valence-corrected chi connectivity index (χ3v) is 3.77. The van der Waals surface area contributed by atoms with Crippen molar-refractivity contribution in [1.82, 2.24) is 0 Å². The molecule has 0 aromatic heterocycles. The number of halogens is 1. The first-order valence-corrected chi connectivity index (χ1v) is 6.12. The molecule has 0 aliphatic heterocycles. The Labute approximate surface area is 96.3 Å². The minimum absolute atomic E-state index is 0.260. The van der Waals surface area contributed by atoms with Crippen LogP contribution in [-0.2, 0) is 5.60 Å². The minimum atomic E-state index is -0.805. The maximum Gasteiger partial charge on any atom is 0.123 e. The quantitative estimate of drug-likeness (QED) is 0.810. The standard InChI is InChI=1S/C14H19FO/c1-2-11-5-4-8-14(16,10-11)12-6-3-7-13(15)9-12/h3,6-7,9,11,16H,2,4-5,8,10H2,1H3. The molecule has 0 amide bonds. The Morgan fingerprint density at radius 1 is 1.50 bits per heavy atom. The van der Waals surface area contributed by atoms with Gasteiger partial charge in [-0.2, -0.15) is 0 Å². The summed E-state index contributed by atoms with van der Waals surface area (Å²) in [5.74, 6) is 0.312. The molecule has 1 aliphatic carbocycles. The number of aliphatic hydroxyl groups is 1. The largest absolute Gasteiger partial charge is 0.385 e. The van der Waals surface area contributed by atoms with Crippen molar-refractivity contribution in [1.29, 1.82) is 0 Å². The van der Waals surface area contributed by atoms with Crippen LogP contribution in [0.4, 0.5) is 4.39 Å². The number of hydrogen-bond acceptors (Lipinski definition) is 1. The van der Waals surface area contributed by atoms with E-state index in [9.17, 15) is 9.50 Å². The van der Waals surface area contributed by atoms with E-state index in [0.717, 1.165) is 31.2 Å². The fourth-order valence-electron chi connectivity index (χ4n) is 2.75. The van der Waals surface area contributed by atoms with Crippen molar-refractivity contribution in [3.8, 4) is 0 Å². The summed E-state index contributed by atoms with van der Waals surface area (Å²) in [6.45, 7) is 2.15. The van der Waals surface area contributed by atoms with Gasteiger partial charge in [0.1, 0.15) is 5.82 Å². The highest BCUT2D eigenvalue weighted by Crippen LogP contribution is 2.41. The number of benzene rings is 1. The molecule has 1 aliphatic rings. The summed E-state index contributed by atoms with van der Waals surface area (Å²) in [6, 6.07) is 6.41. The maximum atomic E-state index is 13.2. The van der Waals surface area contributed by atoms with Gasteiger partial charge < -0.3 is 5.11 Å². The van der Waals surface area contributed by atoms with Crippen molar-refractivity contribution in [3.63, 3.8) is 0 Å². The van der Waals surface area contributed by atoms with Crippen molar-refractivity contribution in [2.75, 3.05) is 0 Å². The average molecular weight is 222 g/mol. The first kappa shape index (κ1) is 11.6. The van der Waals surface area contributed by atoms with Gasteiger partial charge in [0.2, 0.25) is 0 Å². The summed E-state index contributed by atoms with van der Waals surface area (Å²) in [6.07, 6.45) is 4.84. The summed E-state index contributed by atoms with van der Waals surface area (Å²) >= 11 is 0. The lowest BCUT2D eigenvalue weighted by Crippen LogP contribution is -2.32. The van der Waals surface area contributed by atoms with Crippen LogP contribution in [-0.4, -0.2) is 5.11 Å². The zero-order valence-electron chi connectivity index (χ0n) is 9.75. The van der Waals surface area contributed by atoms with Crippen molar-refractivity contribution in [2.24, 2.45) is 5.92 Å². The number of rotatable bonds is 2. The molecule has 1 aromatic carbocycles. The van der Waals surface area contributed by atoms with Crippen LogP contribution < -0.4 is 0 Å². The van der Waals surface area contributed by atoms with Gasteiger partial charge in [0.15, 0.2) is 0 Å². The molecule has 1 aromatic rings. The molecular weight excluding hydrogens is 203 g/mol. The Morgan fingerprint density at radius 2 is 2.31 bits per heavy atom. The summed E-state index contributed by atoms with van der Waals surface area (Å²) in [5.41, 5.74) is -0.0632. The third kappa shape index (κ3) is 2.27. The van der Waals surface area contributed by atoms with Crippen molar-refractivity contribution in [2.45, 2.75) is 44.6 Å². The van der Waals surface area contributed by atoms with E-state index in [2.05, 4.69) is 6.92 Å². The molecule has 2 heteroatoms. The second-order valence-corrected chi connectivity index (χ2v) is 4.91. The van der Waals surface area contributed by atoms with E-state index in [4.69, 9.17) is 0 Å². The van der Waals surface area contributed by atoms with E-state index >= 15 is 0 Å². The number of hydrogen-bond donors (Lipinski definition) is 1. The Kier molecular flexibility index (Phi) is 3.29. The Bertz CT molecular complexity index is 364. The fourth-order valence-corrected chi connectivity index (χ4v) is 2.75. The molecule has 0 heterocycles. The van der Waals surface area contributed by atoms with Gasteiger partial charge in [-0.1, -0.05) is 31.9 Å². The lowest BCUT2D eigenvalue weighted by Gasteiger charge is -2.37. The van der Waals surface area contributed by atoms with Crippen molar-refractivity contribution < 1.29 is 9.50 Å². The van der Waals surface area contributed by atoms with Crippen LogP contribution in [0.3, 0.4) is 0 Å². The first-order chi connectivity index (χ1) is 7.64. The average Bonchev–Trinajstić information content (AvgIpc) is 2.29. The normalized spacial score (nSPS) is 30.3. The Morgan fingerprint density at radius 3 is 3.00 bits per heavy atom. The molecule has 88 valence electrons. The highest BCUT2D eigenvalue weighted by Gasteiger charge is 2.35. The van der Waals surface area contributed by atoms with Crippen LogP contribution in [0.5, 0.6) is 0 Å². The smallest absolute Gasteiger partial charge is 0.123 e. The van der Waals surface area contributed by atoms with Crippen molar-refractivity contribution in [3.05, 3.63) is 35.6 Å². The molecule has 2 rings (SSSR count). The predicted octanol–water partition coefficient (Wildman–Crippen LogP) is 3.61. The first-order valence-electron chi connectivity index (χ1n) is 6.12. The zero-order valence-corrected chi connectivity index (χ0v) is 9.75. The molecule has 1 saturated carbocycles. The van der Waals surface area contributed by atoms with Crippen LogP contribution in [0, 0.1) is 11.7 Å². The predicted molar refractivity (Wildman–Crippen MR) is 62.5 cm³/mol. The molecule has 1 nitrogen and oxygen atoms in total. The highest BCUT2D eigenvalue weighted by molar-refractivity contribution is 5.24. The SMILES string of the molecule is CCC1CCCC(O)(c2cccc(F)c2)C1. The summed E-state index contributed by atoms with van der Waals surface area (Å²) in [7, 11) is 0. The lowest BCUT2D eigenvalue weighted by molar-refractivity contribution is -0.0219. The molecule has 0 saturated heterocycles. The maximum absolute atomic E-state index is 13.2. The van der Waals surface area contributed by atoms with Gasteiger partial charge in [-0.3, -0.25) is 0 Å². The fraction of sp³-hybridized carbons (Fsp3) is 0.571. The molecule has 2 unspecified atom stereocenters. The van der Waals surface area contributed by atoms with Gasteiger partial charge in [-0.05, 0) is 42.9 Å². The van der Waals surface area contributed by atoms with E-state index < -0.39 is 5.60 Å². The molecule has 16 heavy (non-hydrogen) atoms. The molecular formula is C14H19FO. The van der Waals surface area contributed by atoms with Crippen LogP contribution in [0.1, 0.15) is 44.6 Å². The van der Waals surface area contributed by atoms with Gasteiger partial charge in [0.05, 0.1) is 5.60 Å². The van der Waals surface area contributed by atoms with Gasteiger partial charge in [-0.15, -0.1) is 0 Å². The monoisotopic (exact) mass is 222 g/mol. The zero-order chi connectivity index (χ0) is 11.6. The van der Waals surface area contributed by atoms with Gasteiger partial charge in [0.25, 0.3) is 0 Å². The topological polar surface area (TPSA) is 20.2 Å². The third-order valence-electron chi connectivity index (χ3n) is 3.77. The molecule has 1 N–H and O–H groups in total. The van der Waals surface area contributed by atoms with E-state index in [0.29, 0.717) is 5.92 Å². The van der Waals surface area contributed by atoms with Crippen LogP contribution >= 0.6 is 0 Å². The van der Waals surface area contributed by atoms with Crippen LogP contribution in [0.25, 0.3) is 0 Å². The lowest BCUT2D eigenvalue weighted by atomic mass is 9.73. The summed E-state index contributed by atoms with van der Waals surface area (Å²) in [5, 5.41) is 10.6. The van der Waals surface area contributed by atoms with E-state index in [-0.39, 0.29) is 5.82 Å². The van der Waals surface area contributed by atoms with Crippen LogP contribution in [0.15, 0.2) is 24.3 Å². The molecule has 0 bridgehead atoms. The van der Waals surface area contributed by atoms with E-state index in [1.54, 1.807) is 6.07 Å². The Balaban J connectivity index is 2.23. The molecule has 0 spiro atoms. The summed E-state index contributed by atoms with van der Waals surface area (Å²) in [4.78, 5) is 0.